The van der Waals surface area contributed by atoms with Crippen LogP contribution in [-0.2, 0) is 18.3 Å². The predicted octanol–water partition coefficient (Wildman–Crippen LogP) is 3.54. The van der Waals surface area contributed by atoms with Crippen molar-refractivity contribution in [3.05, 3.63) is 41.2 Å². The molecule has 4 nitrogen and oxygen atoms in total. The Labute approximate surface area is 139 Å². The first-order chi connectivity index (χ1) is 10.6. The van der Waals surface area contributed by atoms with Gasteiger partial charge in [-0.25, -0.2) is 0 Å². The molecule has 22 heavy (non-hydrogen) atoms. The summed E-state index contributed by atoms with van der Waals surface area (Å²) in [5.74, 6) is 1.18. The number of fused-ring (bicyclic) bond motifs is 1. The summed E-state index contributed by atoms with van der Waals surface area (Å²) in [7, 11) is 1.88. The monoisotopic (exact) mass is 335 g/mol. The molecular formula is C16H18ClN3OS. The van der Waals surface area contributed by atoms with Crippen molar-refractivity contribution in [2.24, 2.45) is 7.05 Å². The second kappa shape index (κ2) is 6.75. The Balaban J connectivity index is 1.75. The van der Waals surface area contributed by atoms with Gasteiger partial charge in [0.15, 0.2) is 0 Å². The zero-order valence-corrected chi connectivity index (χ0v) is 14.0. The summed E-state index contributed by atoms with van der Waals surface area (Å²) in [6.07, 6.45) is 5.97. The largest absolute Gasteiger partial charge is 0.311 e. The van der Waals surface area contributed by atoms with E-state index in [1.54, 1.807) is 16.4 Å². The molecule has 2 aromatic rings. The number of halogens is 1. The minimum atomic E-state index is 0.148. The minimum Gasteiger partial charge on any atom is -0.311 e. The van der Waals surface area contributed by atoms with Gasteiger partial charge in [0.2, 0.25) is 5.91 Å². The molecule has 116 valence electrons. The van der Waals surface area contributed by atoms with Crippen LogP contribution in [0.2, 0.25) is 5.02 Å². The highest BCUT2D eigenvalue weighted by Crippen LogP contribution is 2.36. The van der Waals surface area contributed by atoms with E-state index in [1.165, 1.54) is 0 Å². The standard InChI is InChI=1S/C16H18ClN3OS/c1-19-11-12(10-18-19)3-6-16(21)20-7-2-8-22-15-5-4-13(17)9-14(15)20/h4-5,9-11H,2-3,6-8H2,1H3. The number of hydrogen-bond donors (Lipinski definition) is 0. The molecule has 1 aromatic heterocycles. The van der Waals surface area contributed by atoms with Gasteiger partial charge in [-0.3, -0.25) is 9.48 Å². The Kier molecular flexibility index (Phi) is 4.74. The molecule has 1 aromatic carbocycles. The fourth-order valence-electron chi connectivity index (χ4n) is 2.60. The molecule has 0 spiro atoms. The van der Waals surface area contributed by atoms with E-state index in [-0.39, 0.29) is 5.91 Å². The molecule has 1 aliphatic heterocycles. The van der Waals surface area contributed by atoms with E-state index in [4.69, 9.17) is 11.6 Å². The van der Waals surface area contributed by atoms with Crippen molar-refractivity contribution in [3.63, 3.8) is 0 Å². The zero-order chi connectivity index (χ0) is 15.5. The van der Waals surface area contributed by atoms with Crippen molar-refractivity contribution in [2.45, 2.75) is 24.2 Å². The van der Waals surface area contributed by atoms with Gasteiger partial charge in [-0.2, -0.15) is 5.10 Å². The lowest BCUT2D eigenvalue weighted by Gasteiger charge is -2.22. The smallest absolute Gasteiger partial charge is 0.227 e. The number of carbonyl (C=O) groups excluding carboxylic acids is 1. The maximum absolute atomic E-state index is 12.7. The van der Waals surface area contributed by atoms with E-state index in [2.05, 4.69) is 5.10 Å². The quantitative estimate of drug-likeness (QED) is 0.861. The number of benzene rings is 1. The summed E-state index contributed by atoms with van der Waals surface area (Å²) >= 11 is 7.91. The summed E-state index contributed by atoms with van der Waals surface area (Å²) in [5.41, 5.74) is 2.04. The molecule has 1 aliphatic rings. The summed E-state index contributed by atoms with van der Waals surface area (Å²) in [4.78, 5) is 15.7. The van der Waals surface area contributed by atoms with E-state index >= 15 is 0 Å². The average molecular weight is 336 g/mol. The topological polar surface area (TPSA) is 38.1 Å². The molecule has 0 saturated carbocycles. The van der Waals surface area contributed by atoms with Crippen molar-refractivity contribution in [1.82, 2.24) is 9.78 Å². The highest BCUT2D eigenvalue weighted by Gasteiger charge is 2.21. The van der Waals surface area contributed by atoms with E-state index in [0.29, 0.717) is 17.9 Å². The van der Waals surface area contributed by atoms with Gasteiger partial charge in [-0.05, 0) is 42.4 Å². The summed E-state index contributed by atoms with van der Waals surface area (Å²) in [5, 5.41) is 4.81. The average Bonchev–Trinajstić information content (AvgIpc) is 2.80. The number of carbonyl (C=O) groups is 1. The third kappa shape index (κ3) is 3.47. The Morgan fingerprint density at radius 1 is 1.45 bits per heavy atom. The van der Waals surface area contributed by atoms with Gasteiger partial charge in [-0.1, -0.05) is 11.6 Å². The third-order valence-electron chi connectivity index (χ3n) is 3.68. The number of rotatable bonds is 3. The van der Waals surface area contributed by atoms with E-state index in [0.717, 1.165) is 34.9 Å². The van der Waals surface area contributed by atoms with Gasteiger partial charge in [-0.15, -0.1) is 11.8 Å². The van der Waals surface area contributed by atoms with Crippen LogP contribution in [0.25, 0.3) is 0 Å². The van der Waals surface area contributed by atoms with Crippen molar-refractivity contribution in [2.75, 3.05) is 17.2 Å². The zero-order valence-electron chi connectivity index (χ0n) is 12.5. The lowest BCUT2D eigenvalue weighted by Crippen LogP contribution is -2.32. The van der Waals surface area contributed by atoms with Crippen LogP contribution in [0.15, 0.2) is 35.5 Å². The van der Waals surface area contributed by atoms with Gasteiger partial charge in [0, 0.05) is 36.1 Å². The first kappa shape index (κ1) is 15.4. The minimum absolute atomic E-state index is 0.148. The molecule has 6 heteroatoms. The van der Waals surface area contributed by atoms with Gasteiger partial charge < -0.3 is 4.90 Å². The fourth-order valence-corrected chi connectivity index (χ4v) is 3.74. The normalized spacial score (nSPS) is 14.5. The second-order valence-electron chi connectivity index (χ2n) is 5.38. The molecule has 2 heterocycles. The number of amides is 1. The molecule has 3 rings (SSSR count). The van der Waals surface area contributed by atoms with Crippen LogP contribution >= 0.6 is 23.4 Å². The fraction of sp³-hybridized carbons (Fsp3) is 0.375. The number of nitrogens with zero attached hydrogens (tertiary/aromatic N) is 3. The molecule has 0 radical (unpaired) electrons. The van der Waals surface area contributed by atoms with Crippen LogP contribution in [0.5, 0.6) is 0 Å². The van der Waals surface area contributed by atoms with Crippen LogP contribution in [0, 0.1) is 0 Å². The molecular weight excluding hydrogens is 318 g/mol. The first-order valence-electron chi connectivity index (χ1n) is 7.34. The first-order valence-corrected chi connectivity index (χ1v) is 8.70. The Morgan fingerprint density at radius 3 is 3.09 bits per heavy atom. The van der Waals surface area contributed by atoms with Crippen molar-refractivity contribution in [1.29, 1.82) is 0 Å². The third-order valence-corrected chi connectivity index (χ3v) is 5.07. The summed E-state index contributed by atoms with van der Waals surface area (Å²) < 4.78 is 1.76. The molecule has 0 bridgehead atoms. The van der Waals surface area contributed by atoms with Crippen LogP contribution in [0.4, 0.5) is 5.69 Å². The number of aryl methyl sites for hydroxylation is 2. The number of thioether (sulfide) groups is 1. The van der Waals surface area contributed by atoms with Crippen molar-refractivity contribution in [3.8, 4) is 0 Å². The van der Waals surface area contributed by atoms with Gasteiger partial charge in [0.05, 0.1) is 11.9 Å². The highest BCUT2D eigenvalue weighted by molar-refractivity contribution is 7.99. The van der Waals surface area contributed by atoms with Crippen LogP contribution in [0.1, 0.15) is 18.4 Å². The van der Waals surface area contributed by atoms with Crippen molar-refractivity contribution < 1.29 is 4.79 Å². The molecule has 0 saturated heterocycles. The Bertz CT molecular complexity index is 686. The van der Waals surface area contributed by atoms with E-state index in [9.17, 15) is 4.79 Å². The van der Waals surface area contributed by atoms with Crippen LogP contribution in [0.3, 0.4) is 0 Å². The summed E-state index contributed by atoms with van der Waals surface area (Å²) in [6, 6.07) is 5.79. The number of anilines is 1. The molecule has 0 fully saturated rings. The van der Waals surface area contributed by atoms with Crippen LogP contribution in [-0.4, -0.2) is 28.0 Å². The van der Waals surface area contributed by atoms with Gasteiger partial charge in [0.25, 0.3) is 0 Å². The SMILES string of the molecule is Cn1cc(CCC(=O)N2CCCSc3ccc(Cl)cc32)cn1. The molecule has 0 aliphatic carbocycles. The number of aromatic nitrogens is 2. The van der Waals surface area contributed by atoms with E-state index < -0.39 is 0 Å². The maximum Gasteiger partial charge on any atom is 0.227 e. The van der Waals surface area contributed by atoms with E-state index in [1.807, 2.05) is 42.5 Å². The van der Waals surface area contributed by atoms with Gasteiger partial charge in [0.1, 0.15) is 0 Å². The highest BCUT2D eigenvalue weighted by atomic mass is 35.5. The molecule has 0 unspecified atom stereocenters. The predicted molar refractivity (Wildman–Crippen MR) is 90.7 cm³/mol. The Morgan fingerprint density at radius 2 is 2.32 bits per heavy atom. The molecule has 1 amide bonds. The second-order valence-corrected chi connectivity index (χ2v) is 6.95. The Hall–Kier alpha value is -1.46. The van der Waals surface area contributed by atoms with Crippen LogP contribution < -0.4 is 4.90 Å². The maximum atomic E-state index is 12.7. The van der Waals surface area contributed by atoms with Gasteiger partial charge >= 0.3 is 0 Å². The lowest BCUT2D eigenvalue weighted by atomic mass is 10.1. The molecule has 0 N–H and O–H groups in total. The summed E-state index contributed by atoms with van der Waals surface area (Å²) in [6.45, 7) is 0.756. The molecule has 0 atom stereocenters. The van der Waals surface area contributed by atoms with Crippen molar-refractivity contribution >= 4 is 35.0 Å². The lowest BCUT2D eigenvalue weighted by molar-refractivity contribution is -0.118. The number of hydrogen-bond acceptors (Lipinski definition) is 3.